The topological polar surface area (TPSA) is 47.7 Å². The Kier molecular flexibility index (Phi) is 2.39. The van der Waals surface area contributed by atoms with Crippen LogP contribution in [0.2, 0.25) is 0 Å². The molecule has 17 heavy (non-hydrogen) atoms. The maximum Gasteiger partial charge on any atom is 0.333 e. The van der Waals surface area contributed by atoms with Crippen molar-refractivity contribution in [1.29, 1.82) is 0 Å². The summed E-state index contributed by atoms with van der Waals surface area (Å²) < 4.78 is 4.68. The number of hydrogen-bond donors (Lipinski definition) is 0. The van der Waals surface area contributed by atoms with Crippen LogP contribution in [-0.2, 0) is 14.3 Å². The SMILES string of the molecule is [C-]#[N+]C1(C(C)=O)CC2CC2(C(=C)C(=O)OC)C1. The van der Waals surface area contributed by atoms with Crippen LogP contribution in [0.25, 0.3) is 4.85 Å². The predicted molar refractivity (Wildman–Crippen MR) is 60.9 cm³/mol. The van der Waals surface area contributed by atoms with Crippen molar-refractivity contribution in [1.82, 2.24) is 0 Å². The Hall–Kier alpha value is -1.63. The fourth-order valence-electron chi connectivity index (χ4n) is 3.10. The minimum absolute atomic E-state index is 0.100. The zero-order chi connectivity index (χ0) is 12.8. The van der Waals surface area contributed by atoms with Gasteiger partial charge in [-0.15, -0.1) is 0 Å². The molecular formula is C13H15NO3. The van der Waals surface area contributed by atoms with Gasteiger partial charge in [-0.25, -0.2) is 11.4 Å². The molecule has 0 amide bonds. The number of carbonyl (C=O) groups excluding carboxylic acids is 2. The van der Waals surface area contributed by atoms with Gasteiger partial charge in [0.25, 0.3) is 5.54 Å². The number of ketones is 1. The molecule has 0 N–H and O–H groups in total. The summed E-state index contributed by atoms with van der Waals surface area (Å²) in [5.74, 6) is -0.277. The Morgan fingerprint density at radius 2 is 2.12 bits per heavy atom. The van der Waals surface area contributed by atoms with Gasteiger partial charge in [0, 0.05) is 30.8 Å². The molecule has 0 heterocycles. The van der Waals surface area contributed by atoms with E-state index in [0.29, 0.717) is 18.4 Å². The van der Waals surface area contributed by atoms with Crippen molar-refractivity contribution < 1.29 is 14.3 Å². The molecule has 0 radical (unpaired) electrons. The smallest absolute Gasteiger partial charge is 0.333 e. The van der Waals surface area contributed by atoms with Crippen LogP contribution in [0.3, 0.4) is 0 Å². The van der Waals surface area contributed by atoms with Crippen LogP contribution in [0.4, 0.5) is 0 Å². The number of hydrogen-bond acceptors (Lipinski definition) is 3. The van der Waals surface area contributed by atoms with E-state index in [1.165, 1.54) is 14.0 Å². The minimum atomic E-state index is -0.931. The van der Waals surface area contributed by atoms with Crippen molar-refractivity contribution in [2.24, 2.45) is 11.3 Å². The Balaban J connectivity index is 2.25. The number of nitrogens with zero attached hydrogens (tertiary/aromatic N) is 1. The predicted octanol–water partition coefficient (Wildman–Crippen LogP) is 1.76. The molecule has 2 aliphatic carbocycles. The van der Waals surface area contributed by atoms with E-state index >= 15 is 0 Å². The second-order valence-corrected chi connectivity index (χ2v) is 5.11. The molecule has 2 saturated carbocycles. The lowest BCUT2D eigenvalue weighted by atomic mass is 9.84. The van der Waals surface area contributed by atoms with E-state index in [2.05, 4.69) is 16.2 Å². The Bertz CT molecular complexity index is 462. The van der Waals surface area contributed by atoms with Crippen LogP contribution in [-0.4, -0.2) is 24.4 Å². The van der Waals surface area contributed by atoms with E-state index in [4.69, 9.17) is 6.57 Å². The van der Waals surface area contributed by atoms with E-state index in [9.17, 15) is 9.59 Å². The van der Waals surface area contributed by atoms with Crippen LogP contribution in [0.15, 0.2) is 12.2 Å². The number of Topliss-reactive ketones (excluding diaryl/α,β-unsaturated/α-hetero) is 1. The minimum Gasteiger partial charge on any atom is -0.466 e. The fraction of sp³-hybridized carbons (Fsp3) is 0.615. The molecule has 0 bridgehead atoms. The molecular weight excluding hydrogens is 218 g/mol. The van der Waals surface area contributed by atoms with Crippen LogP contribution in [0.5, 0.6) is 0 Å². The standard InChI is InChI=1S/C13H15NO3/c1-8(11(16)17-4)12-5-10(12)6-13(7-12,14-3)9(2)15/h10H,1,5-7H2,2,4H3. The molecule has 0 aromatic carbocycles. The Morgan fingerprint density at radius 1 is 1.47 bits per heavy atom. The lowest BCUT2D eigenvalue weighted by molar-refractivity contribution is -0.137. The van der Waals surface area contributed by atoms with Gasteiger partial charge in [-0.05, 0) is 12.3 Å². The monoisotopic (exact) mass is 233 g/mol. The van der Waals surface area contributed by atoms with Crippen LogP contribution < -0.4 is 0 Å². The van der Waals surface area contributed by atoms with Gasteiger partial charge in [-0.2, -0.15) is 0 Å². The highest BCUT2D eigenvalue weighted by molar-refractivity contribution is 5.93. The molecule has 90 valence electrons. The number of fused-ring (bicyclic) bond motifs is 1. The fourth-order valence-corrected chi connectivity index (χ4v) is 3.10. The normalized spacial score (nSPS) is 37.8. The van der Waals surface area contributed by atoms with E-state index in [-0.39, 0.29) is 17.1 Å². The first-order valence-corrected chi connectivity index (χ1v) is 5.59. The Labute approximate surface area is 100 Å². The van der Waals surface area contributed by atoms with Gasteiger partial charge in [0.1, 0.15) is 0 Å². The summed E-state index contributed by atoms with van der Waals surface area (Å²) in [6, 6.07) is 0. The third kappa shape index (κ3) is 1.42. The molecule has 4 nitrogen and oxygen atoms in total. The van der Waals surface area contributed by atoms with E-state index in [1.54, 1.807) is 0 Å². The van der Waals surface area contributed by atoms with Gasteiger partial charge in [0.2, 0.25) is 5.78 Å². The second kappa shape index (κ2) is 3.43. The summed E-state index contributed by atoms with van der Waals surface area (Å²) in [7, 11) is 1.32. The molecule has 3 atom stereocenters. The second-order valence-electron chi connectivity index (χ2n) is 5.11. The van der Waals surface area contributed by atoms with Gasteiger partial charge < -0.3 is 9.58 Å². The lowest BCUT2D eigenvalue weighted by Crippen LogP contribution is -2.33. The van der Waals surface area contributed by atoms with Crippen LogP contribution in [0.1, 0.15) is 26.2 Å². The summed E-state index contributed by atoms with van der Waals surface area (Å²) in [6.45, 7) is 12.5. The summed E-state index contributed by atoms with van der Waals surface area (Å²) in [6.07, 6.45) is 1.84. The number of rotatable bonds is 3. The van der Waals surface area contributed by atoms with E-state index < -0.39 is 11.5 Å². The number of ether oxygens (including phenoxy) is 1. The van der Waals surface area contributed by atoms with Crippen molar-refractivity contribution in [2.45, 2.75) is 31.7 Å². The first-order chi connectivity index (χ1) is 7.92. The summed E-state index contributed by atoms with van der Waals surface area (Å²) >= 11 is 0. The highest BCUT2D eigenvalue weighted by Gasteiger charge is 2.72. The van der Waals surface area contributed by atoms with Crippen molar-refractivity contribution >= 4 is 11.8 Å². The van der Waals surface area contributed by atoms with Crippen molar-refractivity contribution in [2.75, 3.05) is 7.11 Å². The third-order valence-electron chi connectivity index (χ3n) is 4.33. The summed E-state index contributed by atoms with van der Waals surface area (Å²) in [5.41, 5.74) is -0.847. The van der Waals surface area contributed by atoms with E-state index in [1.807, 2.05) is 0 Å². The van der Waals surface area contributed by atoms with Gasteiger partial charge >= 0.3 is 5.97 Å². The highest BCUT2D eigenvalue weighted by Crippen LogP contribution is 2.70. The van der Waals surface area contributed by atoms with Gasteiger partial charge in [-0.3, -0.25) is 4.79 Å². The molecule has 0 spiro atoms. The van der Waals surface area contributed by atoms with Crippen molar-refractivity contribution in [3.8, 4) is 0 Å². The van der Waals surface area contributed by atoms with Crippen molar-refractivity contribution in [3.63, 3.8) is 0 Å². The van der Waals surface area contributed by atoms with Crippen LogP contribution >= 0.6 is 0 Å². The zero-order valence-electron chi connectivity index (χ0n) is 10.1. The average Bonchev–Trinajstić information content (AvgIpc) is 2.90. The average molecular weight is 233 g/mol. The first-order valence-electron chi connectivity index (χ1n) is 5.59. The van der Waals surface area contributed by atoms with Gasteiger partial charge in [0.15, 0.2) is 0 Å². The largest absolute Gasteiger partial charge is 0.466 e. The number of methoxy groups -OCH3 is 1. The van der Waals surface area contributed by atoms with Crippen LogP contribution in [0, 0.1) is 17.9 Å². The molecule has 2 fully saturated rings. The first kappa shape index (κ1) is 11.8. The number of esters is 1. The summed E-state index contributed by atoms with van der Waals surface area (Å²) in [5, 5.41) is 0. The summed E-state index contributed by atoms with van der Waals surface area (Å²) in [4.78, 5) is 26.6. The number of carbonyl (C=O) groups is 2. The third-order valence-corrected chi connectivity index (χ3v) is 4.33. The molecule has 0 aromatic rings. The van der Waals surface area contributed by atoms with Gasteiger partial charge in [0.05, 0.1) is 7.11 Å². The quantitative estimate of drug-likeness (QED) is 0.424. The van der Waals surface area contributed by atoms with E-state index in [0.717, 1.165) is 6.42 Å². The molecule has 3 unspecified atom stereocenters. The molecule has 0 aromatic heterocycles. The van der Waals surface area contributed by atoms with Crippen molar-refractivity contribution in [3.05, 3.63) is 23.6 Å². The lowest BCUT2D eigenvalue weighted by Gasteiger charge is -2.18. The molecule has 4 heteroatoms. The molecule has 2 rings (SSSR count). The maximum atomic E-state index is 11.6. The highest BCUT2D eigenvalue weighted by atomic mass is 16.5. The zero-order valence-corrected chi connectivity index (χ0v) is 10.1. The maximum absolute atomic E-state index is 11.6. The molecule has 2 aliphatic rings. The molecule has 0 aliphatic heterocycles. The molecule has 0 saturated heterocycles. The van der Waals surface area contributed by atoms with Gasteiger partial charge in [-0.1, -0.05) is 6.58 Å². The Morgan fingerprint density at radius 3 is 2.53 bits per heavy atom.